The van der Waals surface area contributed by atoms with Gasteiger partial charge in [0.1, 0.15) is 0 Å². The predicted molar refractivity (Wildman–Crippen MR) is 46.9 cm³/mol. The van der Waals surface area contributed by atoms with Gasteiger partial charge in [-0.3, -0.25) is 0 Å². The minimum absolute atomic E-state index is 0.839. The molecule has 0 unspecified atom stereocenters. The molecule has 46 valence electrons. The van der Waals surface area contributed by atoms with Crippen LogP contribution in [0.5, 0.6) is 0 Å². The Hall–Kier alpha value is 0.590. The normalized spacial score (nSPS) is 11.5. The van der Waals surface area contributed by atoms with E-state index in [0.29, 0.717) is 0 Å². The number of rotatable bonds is 2. The topological polar surface area (TPSA) is 26.0 Å². The van der Waals surface area contributed by atoms with E-state index in [1.807, 2.05) is 0 Å². The largest absolute Gasteiger partial charge is 0.403 e. The fourth-order valence-electron chi connectivity index (χ4n) is 0.140. The van der Waals surface area contributed by atoms with Gasteiger partial charge in [0.05, 0.1) is 3.81 Å². The molecule has 2 N–H and O–H groups in total. The Balaban J connectivity index is 3.56. The molecule has 0 aliphatic carbocycles. The van der Waals surface area contributed by atoms with Crippen LogP contribution in [0.1, 0.15) is 0 Å². The second-order valence-corrected chi connectivity index (χ2v) is 4.93. The molecule has 0 heterocycles. The van der Waals surface area contributed by atoms with Crippen molar-refractivity contribution in [3.63, 3.8) is 0 Å². The van der Waals surface area contributed by atoms with Crippen molar-refractivity contribution in [3.05, 3.63) is 20.4 Å². The molecule has 0 saturated heterocycles. The van der Waals surface area contributed by atoms with Crippen LogP contribution in [0.2, 0.25) is 0 Å². The van der Waals surface area contributed by atoms with E-state index >= 15 is 0 Å². The quantitative estimate of drug-likeness (QED) is 0.825. The summed E-state index contributed by atoms with van der Waals surface area (Å²) < 4.78 is 1.70. The van der Waals surface area contributed by atoms with Crippen LogP contribution in [0.4, 0.5) is 0 Å². The highest BCUT2D eigenvalue weighted by Gasteiger charge is 1.90. The van der Waals surface area contributed by atoms with Crippen molar-refractivity contribution < 1.29 is 0 Å². The lowest BCUT2D eigenvalue weighted by molar-refractivity contribution is 1.62. The Morgan fingerprint density at radius 1 is 1.62 bits per heavy atom. The lowest BCUT2D eigenvalue weighted by atomic mass is 11.1. The van der Waals surface area contributed by atoms with Crippen molar-refractivity contribution in [2.24, 2.45) is 5.73 Å². The third kappa shape index (κ3) is 4.74. The molecule has 0 saturated carbocycles. The summed E-state index contributed by atoms with van der Waals surface area (Å²) in [4.78, 5) is 0. The van der Waals surface area contributed by atoms with E-state index in [9.17, 15) is 0 Å². The molecular weight excluding hydrogens is 254 g/mol. The van der Waals surface area contributed by atoms with E-state index in [1.54, 1.807) is 0 Å². The summed E-state index contributed by atoms with van der Waals surface area (Å²) in [6.07, 6.45) is 1.47. The maximum absolute atomic E-state index is 5.13. The fraction of sp³-hybridized carbons (Fsp3) is 0. The van der Waals surface area contributed by atoms with Crippen LogP contribution in [-0.2, 0) is 0 Å². The highest BCUT2D eigenvalue weighted by atomic mass is 79.9. The summed E-state index contributed by atoms with van der Waals surface area (Å²) in [7, 11) is 0. The Morgan fingerprint density at radius 2 is 2.12 bits per heavy atom. The number of hydrogen-bond acceptors (Lipinski definition) is 2. The number of hydrogen-bond donors (Lipinski definition) is 1. The number of halogens is 2. The van der Waals surface area contributed by atoms with E-state index in [-0.39, 0.29) is 0 Å². The standard InChI is InChI=1S/C4H5Br2NS/c1-3(5)8-4(6)2-7/h2H,1,7H2/b4-2-. The first-order chi connectivity index (χ1) is 3.66. The molecule has 8 heavy (non-hydrogen) atoms. The van der Waals surface area contributed by atoms with Crippen molar-refractivity contribution in [2.45, 2.75) is 0 Å². The van der Waals surface area contributed by atoms with E-state index in [0.717, 1.165) is 7.63 Å². The average molecular weight is 259 g/mol. The van der Waals surface area contributed by atoms with Crippen LogP contribution in [0.15, 0.2) is 20.4 Å². The van der Waals surface area contributed by atoms with Crippen LogP contribution in [-0.4, -0.2) is 0 Å². The van der Waals surface area contributed by atoms with Gasteiger partial charge in [-0.15, -0.1) is 0 Å². The Labute approximate surface area is 69.7 Å². The monoisotopic (exact) mass is 257 g/mol. The van der Waals surface area contributed by atoms with Crippen LogP contribution in [0.25, 0.3) is 0 Å². The Bertz CT molecular complexity index is 121. The lowest BCUT2D eigenvalue weighted by Gasteiger charge is -1.91. The third-order valence-electron chi connectivity index (χ3n) is 0.339. The van der Waals surface area contributed by atoms with E-state index in [2.05, 4.69) is 38.4 Å². The summed E-state index contributed by atoms with van der Waals surface area (Å²) in [6.45, 7) is 3.60. The van der Waals surface area contributed by atoms with Gasteiger partial charge in [-0.1, -0.05) is 18.3 Å². The third-order valence-corrected chi connectivity index (χ3v) is 2.13. The van der Waals surface area contributed by atoms with Gasteiger partial charge in [0.15, 0.2) is 0 Å². The molecular formula is C4H5Br2NS. The molecule has 0 aromatic carbocycles. The maximum atomic E-state index is 5.13. The first-order valence-corrected chi connectivity index (χ1v) is 4.16. The molecule has 0 radical (unpaired) electrons. The second kappa shape index (κ2) is 4.47. The van der Waals surface area contributed by atoms with Gasteiger partial charge >= 0.3 is 0 Å². The zero-order chi connectivity index (χ0) is 6.57. The van der Waals surface area contributed by atoms with Crippen LogP contribution >= 0.6 is 43.6 Å². The van der Waals surface area contributed by atoms with Crippen molar-refractivity contribution in [1.29, 1.82) is 0 Å². The van der Waals surface area contributed by atoms with Gasteiger partial charge < -0.3 is 5.73 Å². The van der Waals surface area contributed by atoms with Crippen molar-refractivity contribution in [2.75, 3.05) is 0 Å². The molecule has 0 aliphatic heterocycles. The van der Waals surface area contributed by atoms with Crippen molar-refractivity contribution in [3.8, 4) is 0 Å². The van der Waals surface area contributed by atoms with E-state index in [4.69, 9.17) is 5.73 Å². The highest BCUT2D eigenvalue weighted by molar-refractivity contribution is 9.16. The second-order valence-electron chi connectivity index (χ2n) is 0.928. The molecule has 0 aromatic rings. The zero-order valence-corrected chi connectivity index (χ0v) is 8.01. The van der Waals surface area contributed by atoms with Gasteiger partial charge in [0.25, 0.3) is 0 Å². The molecule has 0 amide bonds. The Kier molecular flexibility index (Phi) is 4.80. The first-order valence-electron chi connectivity index (χ1n) is 1.76. The summed E-state index contributed by atoms with van der Waals surface area (Å²) in [5.41, 5.74) is 5.13. The van der Waals surface area contributed by atoms with Crippen molar-refractivity contribution >= 4 is 43.6 Å². The molecule has 0 bridgehead atoms. The van der Waals surface area contributed by atoms with Crippen LogP contribution < -0.4 is 5.73 Å². The summed E-state index contributed by atoms with van der Waals surface area (Å²) in [5.74, 6) is 0. The molecule has 4 heteroatoms. The van der Waals surface area contributed by atoms with Gasteiger partial charge in [-0.2, -0.15) is 0 Å². The molecule has 0 aliphatic rings. The fourth-order valence-corrected chi connectivity index (χ4v) is 2.18. The van der Waals surface area contributed by atoms with Gasteiger partial charge in [0, 0.05) is 10.0 Å². The minimum Gasteiger partial charge on any atom is -0.403 e. The van der Waals surface area contributed by atoms with Crippen LogP contribution in [0, 0.1) is 0 Å². The molecule has 0 spiro atoms. The van der Waals surface area contributed by atoms with Gasteiger partial charge in [-0.25, -0.2) is 0 Å². The SMILES string of the molecule is C=C(Br)S/C(Br)=C\N. The predicted octanol–water partition coefficient (Wildman–Crippen LogP) is 2.74. The lowest BCUT2D eigenvalue weighted by Crippen LogP contribution is -1.75. The van der Waals surface area contributed by atoms with Crippen molar-refractivity contribution in [1.82, 2.24) is 0 Å². The highest BCUT2D eigenvalue weighted by Crippen LogP contribution is 2.31. The smallest absolute Gasteiger partial charge is 0.0710 e. The summed E-state index contributed by atoms with van der Waals surface area (Å²) in [5, 5.41) is 0. The van der Waals surface area contributed by atoms with Crippen LogP contribution in [0.3, 0.4) is 0 Å². The average Bonchev–Trinajstić information content (AvgIpc) is 1.65. The number of thioether (sulfide) groups is 1. The minimum atomic E-state index is 0.839. The summed E-state index contributed by atoms with van der Waals surface area (Å²) >= 11 is 7.77. The summed E-state index contributed by atoms with van der Waals surface area (Å²) in [6, 6.07) is 0. The molecule has 1 nitrogen and oxygen atoms in total. The van der Waals surface area contributed by atoms with E-state index < -0.39 is 0 Å². The molecule has 0 aromatic heterocycles. The van der Waals surface area contributed by atoms with Gasteiger partial charge in [-0.05, 0) is 31.9 Å². The zero-order valence-electron chi connectivity index (χ0n) is 4.03. The first kappa shape index (κ1) is 8.59. The molecule has 0 atom stereocenters. The number of nitrogens with two attached hydrogens (primary N) is 1. The van der Waals surface area contributed by atoms with Gasteiger partial charge in [0.2, 0.25) is 0 Å². The maximum Gasteiger partial charge on any atom is 0.0710 e. The molecule has 0 rings (SSSR count). The molecule has 0 fully saturated rings. The Morgan fingerprint density at radius 3 is 2.25 bits per heavy atom. The van der Waals surface area contributed by atoms with E-state index in [1.165, 1.54) is 18.0 Å².